The Morgan fingerprint density at radius 3 is 2.57 bits per heavy atom. The van der Waals surface area contributed by atoms with E-state index >= 15 is 0 Å². The number of aromatic nitrogens is 3. The van der Waals surface area contributed by atoms with Crippen LogP contribution in [-0.4, -0.2) is 32.8 Å². The molecule has 1 saturated heterocycles. The molecular weight excluding hydrogens is 356 g/mol. The molecule has 0 radical (unpaired) electrons. The smallest absolute Gasteiger partial charge is 0.331 e. The first kappa shape index (κ1) is 20.0. The van der Waals surface area contributed by atoms with Gasteiger partial charge in [0, 0.05) is 39.3 Å². The van der Waals surface area contributed by atoms with Crippen LogP contribution >= 0.6 is 0 Å². The van der Waals surface area contributed by atoms with Crippen LogP contribution in [0.1, 0.15) is 39.2 Å². The van der Waals surface area contributed by atoms with Crippen molar-refractivity contribution in [2.24, 2.45) is 12.8 Å². The van der Waals surface area contributed by atoms with Gasteiger partial charge in [-0.15, -0.1) is 0 Å². The van der Waals surface area contributed by atoms with E-state index in [1.807, 2.05) is 24.5 Å². The van der Waals surface area contributed by atoms with Gasteiger partial charge in [0.15, 0.2) is 0 Å². The van der Waals surface area contributed by atoms with Crippen molar-refractivity contribution < 1.29 is 0 Å². The largest absolute Gasteiger partial charge is 0.355 e. The number of nitriles is 1. The quantitative estimate of drug-likeness (QED) is 0.800. The van der Waals surface area contributed by atoms with Gasteiger partial charge in [-0.3, -0.25) is 13.9 Å². The number of anilines is 1. The molecular formula is C20H28N6O2. The highest BCUT2D eigenvalue weighted by Crippen LogP contribution is 2.32. The van der Waals surface area contributed by atoms with Gasteiger partial charge in [-0.05, 0) is 33.6 Å². The van der Waals surface area contributed by atoms with Crippen molar-refractivity contribution in [2.45, 2.75) is 52.7 Å². The first-order valence-electron chi connectivity index (χ1n) is 9.71. The summed E-state index contributed by atoms with van der Waals surface area (Å²) in [6.45, 7) is 7.88. The molecule has 2 N–H and O–H groups in total. The van der Waals surface area contributed by atoms with Gasteiger partial charge in [-0.1, -0.05) is 11.6 Å². The average molecular weight is 384 g/mol. The van der Waals surface area contributed by atoms with Crippen LogP contribution in [0.2, 0.25) is 0 Å². The normalized spacial score (nSPS) is 17.0. The minimum Gasteiger partial charge on any atom is -0.355 e. The number of rotatable bonds is 4. The van der Waals surface area contributed by atoms with Gasteiger partial charge in [0.25, 0.3) is 5.56 Å². The Labute approximate surface area is 164 Å². The van der Waals surface area contributed by atoms with Crippen molar-refractivity contribution in [2.75, 3.05) is 18.0 Å². The van der Waals surface area contributed by atoms with Crippen molar-refractivity contribution in [3.8, 4) is 6.07 Å². The van der Waals surface area contributed by atoms with Crippen LogP contribution in [0.5, 0.6) is 0 Å². The van der Waals surface area contributed by atoms with E-state index in [2.05, 4.69) is 11.0 Å². The molecule has 1 fully saturated rings. The van der Waals surface area contributed by atoms with E-state index in [4.69, 9.17) is 5.73 Å². The van der Waals surface area contributed by atoms with Crippen LogP contribution < -0.4 is 21.9 Å². The van der Waals surface area contributed by atoms with Crippen LogP contribution in [0.3, 0.4) is 0 Å². The lowest BCUT2D eigenvalue weighted by molar-refractivity contribution is 0.498. The highest BCUT2D eigenvalue weighted by Gasteiger charge is 2.29. The Morgan fingerprint density at radius 1 is 1.29 bits per heavy atom. The summed E-state index contributed by atoms with van der Waals surface area (Å²) in [5, 5.41) is 9.98. The highest BCUT2D eigenvalue weighted by atomic mass is 16.2. The van der Waals surface area contributed by atoms with Crippen molar-refractivity contribution in [1.29, 1.82) is 5.26 Å². The fourth-order valence-corrected chi connectivity index (χ4v) is 3.99. The molecule has 0 saturated carbocycles. The lowest BCUT2D eigenvalue weighted by Gasteiger charge is -2.33. The number of hydrogen-bond acceptors (Lipinski definition) is 5. The van der Waals surface area contributed by atoms with Gasteiger partial charge >= 0.3 is 5.69 Å². The van der Waals surface area contributed by atoms with Crippen LogP contribution in [0.15, 0.2) is 21.2 Å². The minimum absolute atomic E-state index is 0.0197. The summed E-state index contributed by atoms with van der Waals surface area (Å²) in [6, 6.07) is 2.28. The number of piperidine rings is 1. The predicted molar refractivity (Wildman–Crippen MR) is 111 cm³/mol. The van der Waals surface area contributed by atoms with E-state index < -0.39 is 5.69 Å². The topological polar surface area (TPSA) is 102 Å². The summed E-state index contributed by atoms with van der Waals surface area (Å²) in [4.78, 5) is 28.0. The second-order valence-electron chi connectivity index (χ2n) is 7.64. The Morgan fingerprint density at radius 2 is 2.00 bits per heavy atom. The van der Waals surface area contributed by atoms with E-state index in [-0.39, 0.29) is 18.1 Å². The number of nitrogens with two attached hydrogens (primary N) is 1. The maximum Gasteiger partial charge on any atom is 0.331 e. The zero-order valence-corrected chi connectivity index (χ0v) is 17.0. The molecule has 8 nitrogen and oxygen atoms in total. The van der Waals surface area contributed by atoms with Crippen molar-refractivity contribution in [3.05, 3.63) is 38.1 Å². The second-order valence-corrected chi connectivity index (χ2v) is 7.64. The van der Waals surface area contributed by atoms with Crippen LogP contribution in [0, 0.1) is 11.3 Å². The molecule has 0 amide bonds. The molecule has 1 aliphatic heterocycles. The fourth-order valence-electron chi connectivity index (χ4n) is 3.99. The van der Waals surface area contributed by atoms with Gasteiger partial charge in [0.1, 0.15) is 23.0 Å². The summed E-state index contributed by atoms with van der Waals surface area (Å²) in [5.41, 5.74) is 7.70. The third-order valence-electron chi connectivity index (χ3n) is 5.38. The third-order valence-corrected chi connectivity index (χ3v) is 5.38. The van der Waals surface area contributed by atoms with Gasteiger partial charge in [0.05, 0.1) is 5.52 Å². The maximum atomic E-state index is 13.2. The molecule has 0 aliphatic carbocycles. The first-order chi connectivity index (χ1) is 13.3. The average Bonchev–Trinajstić information content (AvgIpc) is 2.99. The Hall–Kier alpha value is -2.79. The minimum atomic E-state index is -0.405. The summed E-state index contributed by atoms with van der Waals surface area (Å²) >= 11 is 0. The van der Waals surface area contributed by atoms with E-state index in [1.165, 1.54) is 9.13 Å². The molecule has 0 bridgehead atoms. The molecule has 3 heterocycles. The van der Waals surface area contributed by atoms with E-state index in [0.29, 0.717) is 35.5 Å². The Kier molecular flexibility index (Phi) is 5.47. The first-order valence-corrected chi connectivity index (χ1v) is 9.71. The lowest BCUT2D eigenvalue weighted by atomic mass is 10.1. The van der Waals surface area contributed by atoms with Crippen LogP contribution in [-0.2, 0) is 20.1 Å². The van der Waals surface area contributed by atoms with Crippen molar-refractivity contribution in [1.82, 2.24) is 13.7 Å². The van der Waals surface area contributed by atoms with E-state index in [0.717, 1.165) is 25.0 Å². The molecule has 1 atom stereocenters. The number of hydrogen-bond donors (Lipinski definition) is 1. The highest BCUT2D eigenvalue weighted by molar-refractivity contribution is 5.90. The van der Waals surface area contributed by atoms with Gasteiger partial charge in [0.2, 0.25) is 0 Å². The molecule has 2 aromatic rings. The van der Waals surface area contributed by atoms with Crippen LogP contribution in [0.25, 0.3) is 11.0 Å². The fraction of sp³-hybridized carbons (Fsp3) is 0.550. The molecule has 0 aromatic carbocycles. The standard InChI is InChI=1S/C20H28N6O2/c1-5-25-19(27)17-16(23(4)20(25)28)15(11-21)18(26(17)10-8-13(2)3)24-9-6-7-14(22)12-24/h8,14H,5-7,9-10,12,22H2,1-4H3/t14-/m0/s1. The molecule has 150 valence electrons. The van der Waals surface area contributed by atoms with Gasteiger partial charge in [-0.25, -0.2) is 4.79 Å². The molecule has 2 aromatic heterocycles. The van der Waals surface area contributed by atoms with Crippen molar-refractivity contribution >= 4 is 16.9 Å². The third kappa shape index (κ3) is 3.16. The molecule has 28 heavy (non-hydrogen) atoms. The summed E-state index contributed by atoms with van der Waals surface area (Å²) in [5.74, 6) is 0.686. The van der Waals surface area contributed by atoms with E-state index in [1.54, 1.807) is 14.0 Å². The maximum absolute atomic E-state index is 13.2. The molecule has 8 heteroatoms. The SMILES string of the molecule is CCn1c(=O)c2c(c(C#N)c(N3CCC[C@H](N)C3)n2CC=C(C)C)n(C)c1=O. The zero-order chi connectivity index (χ0) is 20.6. The molecule has 1 aliphatic rings. The Bertz CT molecular complexity index is 1090. The van der Waals surface area contributed by atoms with Crippen LogP contribution in [0.4, 0.5) is 5.82 Å². The monoisotopic (exact) mass is 384 g/mol. The lowest BCUT2D eigenvalue weighted by Crippen LogP contribution is -2.44. The summed E-state index contributed by atoms with van der Waals surface area (Å²) in [7, 11) is 1.62. The number of allylic oxidation sites excluding steroid dienone is 2. The Balaban J connectivity index is 2.45. The van der Waals surface area contributed by atoms with Crippen molar-refractivity contribution in [3.63, 3.8) is 0 Å². The molecule has 3 rings (SSSR count). The summed E-state index contributed by atoms with van der Waals surface area (Å²) < 4.78 is 4.52. The van der Waals surface area contributed by atoms with E-state index in [9.17, 15) is 14.9 Å². The predicted octanol–water partition coefficient (Wildman–Crippen LogP) is 1.29. The second kappa shape index (κ2) is 7.68. The molecule has 0 spiro atoms. The number of aryl methyl sites for hydroxylation is 1. The van der Waals surface area contributed by atoms with Gasteiger partial charge < -0.3 is 15.2 Å². The zero-order valence-electron chi connectivity index (χ0n) is 17.0. The number of nitrogens with zero attached hydrogens (tertiary/aromatic N) is 5. The number of fused-ring (bicyclic) bond motifs is 1. The summed E-state index contributed by atoms with van der Waals surface area (Å²) in [6.07, 6.45) is 3.89. The molecule has 0 unspecified atom stereocenters. The van der Waals surface area contributed by atoms with Gasteiger partial charge in [-0.2, -0.15) is 5.26 Å².